The molecule has 20 heavy (non-hydrogen) atoms. The zero-order valence-corrected chi connectivity index (χ0v) is 14.1. The van der Waals surface area contributed by atoms with Crippen LogP contribution in [0.1, 0.15) is 41.9 Å². The lowest BCUT2D eigenvalue weighted by atomic mass is 10.0. The smallest absolute Gasteiger partial charge is 0.137 e. The van der Waals surface area contributed by atoms with Gasteiger partial charge >= 0.3 is 0 Å². The lowest BCUT2D eigenvalue weighted by molar-refractivity contribution is 0.585. The Balaban J connectivity index is 2.24. The molecule has 1 atom stereocenters. The van der Waals surface area contributed by atoms with Crippen molar-refractivity contribution in [1.82, 2.24) is 14.9 Å². The lowest BCUT2D eigenvalue weighted by Crippen LogP contribution is -2.19. The maximum Gasteiger partial charge on any atom is 0.137 e. The molecule has 0 fully saturated rings. The number of likely N-dealkylation sites (N-methyl/N-ethyl adjacent to an activating group) is 1. The van der Waals surface area contributed by atoms with Crippen molar-refractivity contribution < 1.29 is 4.39 Å². The molecule has 2 rings (SSSR count). The fourth-order valence-corrected chi connectivity index (χ4v) is 3.42. The fraction of sp³-hybridized carbons (Fsp3) is 0.429. The molecule has 0 saturated heterocycles. The normalized spacial score (nSPS) is 12.9. The molecule has 0 bridgehead atoms. The molecular weight excluding hydrogens is 341 g/mol. The van der Waals surface area contributed by atoms with Crippen LogP contribution in [0.4, 0.5) is 4.39 Å². The fourth-order valence-electron chi connectivity index (χ4n) is 2.07. The molecule has 6 heteroatoms. The molecule has 0 saturated carbocycles. The average Bonchev–Trinajstić information content (AvgIpc) is 2.89. The van der Waals surface area contributed by atoms with Crippen molar-refractivity contribution in [1.29, 1.82) is 0 Å². The van der Waals surface area contributed by atoms with Crippen molar-refractivity contribution in [2.45, 2.75) is 32.2 Å². The molecule has 1 N–H and O–H groups in total. The van der Waals surface area contributed by atoms with E-state index in [1.165, 1.54) is 17.6 Å². The van der Waals surface area contributed by atoms with Gasteiger partial charge in [-0.1, -0.05) is 24.4 Å². The molecular formula is C14H17BrFN3S. The molecule has 0 radical (unpaired) electrons. The summed E-state index contributed by atoms with van der Waals surface area (Å²) in [6, 6.07) is 5.27. The van der Waals surface area contributed by atoms with Gasteiger partial charge in [-0.3, -0.25) is 0 Å². The molecule has 0 aliphatic carbocycles. The molecule has 0 amide bonds. The Morgan fingerprint density at radius 3 is 2.75 bits per heavy atom. The van der Waals surface area contributed by atoms with Gasteiger partial charge in [0.05, 0.1) is 15.0 Å². The second-order valence-electron chi connectivity index (χ2n) is 4.97. The largest absolute Gasteiger partial charge is 0.312 e. The van der Waals surface area contributed by atoms with Gasteiger partial charge in [0.15, 0.2) is 0 Å². The Morgan fingerprint density at radius 1 is 1.40 bits per heavy atom. The summed E-state index contributed by atoms with van der Waals surface area (Å²) < 4.78 is 17.8. The van der Waals surface area contributed by atoms with Gasteiger partial charge in [0.2, 0.25) is 0 Å². The maximum absolute atomic E-state index is 13.3. The highest BCUT2D eigenvalue weighted by Gasteiger charge is 2.20. The monoisotopic (exact) mass is 357 g/mol. The summed E-state index contributed by atoms with van der Waals surface area (Å²) in [4.78, 5) is 1.16. The van der Waals surface area contributed by atoms with Crippen LogP contribution in [0.5, 0.6) is 0 Å². The highest BCUT2D eigenvalue weighted by atomic mass is 79.9. The second-order valence-corrected chi connectivity index (χ2v) is 6.61. The minimum atomic E-state index is -0.239. The molecule has 1 aromatic carbocycles. The zero-order chi connectivity index (χ0) is 14.7. The number of hydrogen-bond donors (Lipinski definition) is 1. The number of nitrogens with zero attached hydrogens (tertiary/aromatic N) is 2. The first-order valence-corrected chi connectivity index (χ1v) is 8.03. The van der Waals surface area contributed by atoms with Gasteiger partial charge in [0.25, 0.3) is 0 Å². The van der Waals surface area contributed by atoms with Gasteiger partial charge < -0.3 is 5.32 Å². The van der Waals surface area contributed by atoms with Crippen LogP contribution < -0.4 is 5.32 Å². The van der Waals surface area contributed by atoms with Crippen LogP contribution in [0.3, 0.4) is 0 Å². The Labute approximate surface area is 130 Å². The minimum absolute atomic E-state index is 0.143. The molecule has 1 heterocycles. The van der Waals surface area contributed by atoms with Crippen LogP contribution in [0, 0.1) is 5.82 Å². The third-order valence-corrected chi connectivity index (χ3v) is 4.64. The lowest BCUT2D eigenvalue weighted by Gasteiger charge is -2.16. The average molecular weight is 358 g/mol. The van der Waals surface area contributed by atoms with Crippen molar-refractivity contribution in [3.63, 3.8) is 0 Å². The number of halogens is 2. The SMILES string of the molecule is CNC(Cc1ccc(F)c(Br)c1)c1snnc1C(C)C. The number of benzene rings is 1. The number of rotatable bonds is 5. The standard InChI is InChI=1S/C14H17BrFN3S/c1-8(2)13-14(20-19-18-13)12(17-3)7-9-4-5-11(16)10(15)6-9/h4-6,8,12,17H,7H2,1-3H3. The summed E-state index contributed by atoms with van der Waals surface area (Å²) >= 11 is 4.65. The first-order chi connectivity index (χ1) is 9.52. The van der Waals surface area contributed by atoms with Crippen molar-refractivity contribution in [3.8, 4) is 0 Å². The van der Waals surface area contributed by atoms with E-state index in [2.05, 4.69) is 44.7 Å². The van der Waals surface area contributed by atoms with Gasteiger partial charge in [-0.05, 0) is 64.5 Å². The van der Waals surface area contributed by atoms with Gasteiger partial charge in [0, 0.05) is 6.04 Å². The summed E-state index contributed by atoms with van der Waals surface area (Å²) in [5.74, 6) is 0.108. The van der Waals surface area contributed by atoms with Crippen molar-refractivity contribution in [3.05, 3.63) is 44.6 Å². The van der Waals surface area contributed by atoms with E-state index in [-0.39, 0.29) is 11.9 Å². The maximum atomic E-state index is 13.3. The minimum Gasteiger partial charge on any atom is -0.312 e. The molecule has 0 spiro atoms. The Bertz CT molecular complexity index is 586. The summed E-state index contributed by atoms with van der Waals surface area (Å²) in [6.07, 6.45) is 0.777. The summed E-state index contributed by atoms with van der Waals surface area (Å²) in [5.41, 5.74) is 2.11. The molecule has 2 aromatic rings. The van der Waals surface area contributed by atoms with E-state index in [9.17, 15) is 4.39 Å². The highest BCUT2D eigenvalue weighted by molar-refractivity contribution is 9.10. The second kappa shape index (κ2) is 6.74. The summed E-state index contributed by atoms with van der Waals surface area (Å²) in [5, 5.41) is 7.52. The van der Waals surface area contributed by atoms with Gasteiger partial charge in [-0.15, -0.1) is 5.10 Å². The Hall–Kier alpha value is -0.850. The van der Waals surface area contributed by atoms with Crippen LogP contribution in [-0.4, -0.2) is 16.6 Å². The Morgan fingerprint density at radius 2 is 2.15 bits per heavy atom. The molecule has 0 aliphatic heterocycles. The molecule has 1 unspecified atom stereocenters. The van der Waals surface area contributed by atoms with E-state index < -0.39 is 0 Å². The first kappa shape index (κ1) is 15.5. The van der Waals surface area contributed by atoms with Gasteiger partial charge in [0.1, 0.15) is 5.82 Å². The zero-order valence-electron chi connectivity index (χ0n) is 11.7. The molecule has 0 aliphatic rings. The van der Waals surface area contributed by atoms with Crippen LogP contribution >= 0.6 is 27.5 Å². The van der Waals surface area contributed by atoms with E-state index >= 15 is 0 Å². The molecule has 1 aromatic heterocycles. The van der Waals surface area contributed by atoms with Crippen molar-refractivity contribution in [2.24, 2.45) is 0 Å². The third kappa shape index (κ3) is 3.42. The van der Waals surface area contributed by atoms with E-state index in [1.807, 2.05) is 19.2 Å². The topological polar surface area (TPSA) is 37.8 Å². The number of nitrogens with one attached hydrogen (secondary N) is 1. The van der Waals surface area contributed by atoms with E-state index in [0.717, 1.165) is 22.6 Å². The van der Waals surface area contributed by atoms with E-state index in [4.69, 9.17) is 0 Å². The molecule has 3 nitrogen and oxygen atoms in total. The van der Waals surface area contributed by atoms with Crippen LogP contribution in [-0.2, 0) is 6.42 Å². The van der Waals surface area contributed by atoms with E-state index in [1.54, 1.807) is 0 Å². The predicted octanol–water partition coefficient (Wildman–Crippen LogP) is 4.07. The third-order valence-electron chi connectivity index (χ3n) is 3.18. The predicted molar refractivity (Wildman–Crippen MR) is 83.6 cm³/mol. The first-order valence-electron chi connectivity index (χ1n) is 6.46. The summed E-state index contributed by atoms with van der Waals surface area (Å²) in [6.45, 7) is 4.23. The van der Waals surface area contributed by atoms with E-state index in [0.29, 0.717) is 10.4 Å². The van der Waals surface area contributed by atoms with Crippen molar-refractivity contribution >= 4 is 27.5 Å². The quantitative estimate of drug-likeness (QED) is 0.876. The molecule has 108 valence electrons. The number of hydrogen-bond acceptors (Lipinski definition) is 4. The van der Waals surface area contributed by atoms with Gasteiger partial charge in [-0.25, -0.2) is 4.39 Å². The summed E-state index contributed by atoms with van der Waals surface area (Å²) in [7, 11) is 1.92. The van der Waals surface area contributed by atoms with Crippen molar-refractivity contribution in [2.75, 3.05) is 7.05 Å². The van der Waals surface area contributed by atoms with Crippen LogP contribution in [0.2, 0.25) is 0 Å². The highest BCUT2D eigenvalue weighted by Crippen LogP contribution is 2.29. The van der Waals surface area contributed by atoms with Crippen LogP contribution in [0.15, 0.2) is 22.7 Å². The Kier molecular flexibility index (Phi) is 5.23. The van der Waals surface area contributed by atoms with Gasteiger partial charge in [-0.2, -0.15) is 0 Å². The number of aromatic nitrogens is 2. The van der Waals surface area contributed by atoms with Crippen LogP contribution in [0.25, 0.3) is 0 Å².